The van der Waals surface area contributed by atoms with Gasteiger partial charge in [0.15, 0.2) is 13.2 Å². The third-order valence-corrected chi connectivity index (χ3v) is 7.61. The first-order chi connectivity index (χ1) is 20.6. The van der Waals surface area contributed by atoms with Crippen LogP contribution in [0.2, 0.25) is 0 Å². The Hall–Kier alpha value is -3.28. The Labute approximate surface area is 252 Å². The SMILES string of the molecule is CCCCCCCCOC(=O)COc1c2ccccc2c(OCC(=O)OCCCCCCCC)c2c(CC)cccc12. The summed E-state index contributed by atoms with van der Waals surface area (Å²) in [4.78, 5) is 25.1. The van der Waals surface area contributed by atoms with Gasteiger partial charge in [-0.3, -0.25) is 0 Å². The standard InChI is InChI=1S/C36H50O6/c1-4-7-9-11-13-17-24-39-32(37)26-41-35-29-21-15-16-22-30(29)36(34-28(6-3)20-19-23-31(34)35)42-27-33(38)40-25-18-14-12-10-8-5-2/h15-16,19-23H,4-14,17-18,24-27H2,1-3H3. The van der Waals surface area contributed by atoms with Gasteiger partial charge in [0, 0.05) is 21.5 Å². The molecular formula is C36H50O6. The lowest BCUT2D eigenvalue weighted by Gasteiger charge is -2.19. The first kappa shape index (κ1) is 33.2. The van der Waals surface area contributed by atoms with E-state index in [-0.39, 0.29) is 25.2 Å². The molecule has 6 nitrogen and oxygen atoms in total. The number of ether oxygens (including phenoxy) is 4. The molecule has 6 heteroatoms. The molecule has 0 aromatic heterocycles. The smallest absolute Gasteiger partial charge is 0.344 e. The monoisotopic (exact) mass is 578 g/mol. The zero-order valence-electron chi connectivity index (χ0n) is 26.0. The highest BCUT2D eigenvalue weighted by molar-refractivity contribution is 6.12. The van der Waals surface area contributed by atoms with Crippen molar-refractivity contribution in [1.82, 2.24) is 0 Å². The first-order valence-electron chi connectivity index (χ1n) is 16.1. The van der Waals surface area contributed by atoms with Crippen molar-refractivity contribution in [3.8, 4) is 11.5 Å². The van der Waals surface area contributed by atoms with Gasteiger partial charge in [-0.05, 0) is 24.8 Å². The van der Waals surface area contributed by atoms with E-state index in [9.17, 15) is 9.59 Å². The lowest BCUT2D eigenvalue weighted by atomic mass is 9.96. The van der Waals surface area contributed by atoms with Crippen LogP contribution in [-0.2, 0) is 25.5 Å². The van der Waals surface area contributed by atoms with Crippen LogP contribution in [0.15, 0.2) is 42.5 Å². The molecule has 42 heavy (non-hydrogen) atoms. The van der Waals surface area contributed by atoms with Crippen molar-refractivity contribution in [2.75, 3.05) is 26.4 Å². The van der Waals surface area contributed by atoms with Gasteiger partial charge < -0.3 is 18.9 Å². The summed E-state index contributed by atoms with van der Waals surface area (Å²) < 4.78 is 23.3. The van der Waals surface area contributed by atoms with Gasteiger partial charge in [-0.2, -0.15) is 0 Å². The molecule has 0 saturated carbocycles. The number of unbranched alkanes of at least 4 members (excludes halogenated alkanes) is 10. The van der Waals surface area contributed by atoms with Crippen LogP contribution in [0.25, 0.3) is 21.5 Å². The van der Waals surface area contributed by atoms with E-state index >= 15 is 0 Å². The number of benzene rings is 3. The van der Waals surface area contributed by atoms with E-state index in [2.05, 4.69) is 26.8 Å². The third-order valence-electron chi connectivity index (χ3n) is 7.61. The number of fused-ring (bicyclic) bond motifs is 2. The number of aryl methyl sites for hydroxylation is 1. The molecule has 0 fully saturated rings. The van der Waals surface area contributed by atoms with Gasteiger partial charge in [0.2, 0.25) is 0 Å². The maximum Gasteiger partial charge on any atom is 0.344 e. The lowest BCUT2D eigenvalue weighted by Crippen LogP contribution is -2.17. The van der Waals surface area contributed by atoms with E-state index in [1.807, 2.05) is 36.4 Å². The molecule has 3 aromatic carbocycles. The predicted octanol–water partition coefficient (Wildman–Crippen LogP) is 9.12. The second-order valence-corrected chi connectivity index (χ2v) is 11.0. The molecule has 0 radical (unpaired) electrons. The van der Waals surface area contributed by atoms with E-state index in [4.69, 9.17) is 18.9 Å². The molecule has 0 saturated heterocycles. The Morgan fingerprint density at radius 1 is 0.548 bits per heavy atom. The summed E-state index contributed by atoms with van der Waals surface area (Å²) in [7, 11) is 0. The summed E-state index contributed by atoms with van der Waals surface area (Å²) in [6, 6.07) is 13.8. The van der Waals surface area contributed by atoms with Crippen LogP contribution in [0.5, 0.6) is 11.5 Å². The number of carbonyl (C=O) groups is 2. The van der Waals surface area contributed by atoms with Crippen LogP contribution in [0.4, 0.5) is 0 Å². The van der Waals surface area contributed by atoms with E-state index in [0.29, 0.717) is 24.7 Å². The molecule has 0 amide bonds. The van der Waals surface area contributed by atoms with Gasteiger partial charge in [-0.1, -0.05) is 127 Å². The van der Waals surface area contributed by atoms with Gasteiger partial charge in [-0.15, -0.1) is 0 Å². The second kappa shape index (κ2) is 19.0. The van der Waals surface area contributed by atoms with Crippen molar-refractivity contribution in [1.29, 1.82) is 0 Å². The molecule has 230 valence electrons. The van der Waals surface area contributed by atoms with Gasteiger partial charge in [0.05, 0.1) is 13.2 Å². The van der Waals surface area contributed by atoms with Crippen molar-refractivity contribution in [3.05, 3.63) is 48.0 Å². The Kier molecular flexibility index (Phi) is 15.0. The van der Waals surface area contributed by atoms with Crippen molar-refractivity contribution < 1.29 is 28.5 Å². The average Bonchev–Trinajstić information content (AvgIpc) is 3.01. The number of hydrogen-bond acceptors (Lipinski definition) is 6. The van der Waals surface area contributed by atoms with Gasteiger partial charge in [-0.25, -0.2) is 9.59 Å². The van der Waals surface area contributed by atoms with Crippen LogP contribution in [-0.4, -0.2) is 38.4 Å². The summed E-state index contributed by atoms with van der Waals surface area (Å²) in [5, 5.41) is 3.37. The highest BCUT2D eigenvalue weighted by Gasteiger charge is 2.20. The van der Waals surface area contributed by atoms with E-state index in [1.54, 1.807) is 0 Å². The average molecular weight is 579 g/mol. The summed E-state index contributed by atoms with van der Waals surface area (Å²) in [5.74, 6) is 0.502. The van der Waals surface area contributed by atoms with E-state index < -0.39 is 0 Å². The maximum atomic E-state index is 12.6. The summed E-state index contributed by atoms with van der Waals surface area (Å²) in [6.07, 6.45) is 14.4. The topological polar surface area (TPSA) is 71.1 Å². The first-order valence-corrected chi connectivity index (χ1v) is 16.1. The maximum absolute atomic E-state index is 12.6. The molecular weight excluding hydrogens is 528 g/mol. The van der Waals surface area contributed by atoms with Crippen LogP contribution < -0.4 is 9.47 Å². The molecule has 0 heterocycles. The number of rotatable bonds is 21. The van der Waals surface area contributed by atoms with Crippen molar-refractivity contribution >= 4 is 33.5 Å². The van der Waals surface area contributed by atoms with E-state index in [0.717, 1.165) is 59.2 Å². The largest absolute Gasteiger partial charge is 0.481 e. The van der Waals surface area contributed by atoms with E-state index in [1.165, 1.54) is 51.4 Å². The highest BCUT2D eigenvalue weighted by Crippen LogP contribution is 2.44. The minimum atomic E-state index is -0.374. The van der Waals surface area contributed by atoms with Crippen LogP contribution >= 0.6 is 0 Å². The summed E-state index contributed by atoms with van der Waals surface area (Å²) in [6.45, 7) is 6.98. The minimum absolute atomic E-state index is 0.169. The fraction of sp³-hybridized carbons (Fsp3) is 0.556. The van der Waals surface area contributed by atoms with Crippen molar-refractivity contribution in [2.45, 2.75) is 104 Å². The Morgan fingerprint density at radius 3 is 1.57 bits per heavy atom. The van der Waals surface area contributed by atoms with Gasteiger partial charge >= 0.3 is 11.9 Å². The second-order valence-electron chi connectivity index (χ2n) is 11.0. The molecule has 3 rings (SSSR count). The fourth-order valence-corrected chi connectivity index (χ4v) is 5.30. The predicted molar refractivity (Wildman–Crippen MR) is 170 cm³/mol. The summed E-state index contributed by atoms with van der Waals surface area (Å²) in [5.41, 5.74) is 1.07. The zero-order chi connectivity index (χ0) is 30.0. The van der Waals surface area contributed by atoms with Crippen LogP contribution in [0.3, 0.4) is 0 Å². The molecule has 0 aliphatic carbocycles. The molecule has 0 bridgehead atoms. The Bertz CT molecular complexity index is 1250. The van der Waals surface area contributed by atoms with Gasteiger partial charge in [0.1, 0.15) is 11.5 Å². The molecule has 0 aliphatic rings. The Balaban J connectivity index is 1.70. The number of carbonyl (C=O) groups excluding carboxylic acids is 2. The fourth-order valence-electron chi connectivity index (χ4n) is 5.30. The van der Waals surface area contributed by atoms with Gasteiger partial charge in [0.25, 0.3) is 0 Å². The molecule has 0 aliphatic heterocycles. The molecule has 0 atom stereocenters. The van der Waals surface area contributed by atoms with Crippen molar-refractivity contribution in [3.63, 3.8) is 0 Å². The molecule has 0 spiro atoms. The summed E-state index contributed by atoms with van der Waals surface area (Å²) >= 11 is 0. The van der Waals surface area contributed by atoms with Crippen molar-refractivity contribution in [2.24, 2.45) is 0 Å². The number of hydrogen-bond donors (Lipinski definition) is 0. The van der Waals surface area contributed by atoms with Crippen LogP contribution in [0, 0.1) is 0 Å². The quantitative estimate of drug-likeness (QED) is 0.0713. The highest BCUT2D eigenvalue weighted by atomic mass is 16.6. The molecule has 3 aromatic rings. The molecule has 0 unspecified atom stereocenters. The number of esters is 2. The van der Waals surface area contributed by atoms with Crippen LogP contribution in [0.1, 0.15) is 103 Å². The Morgan fingerprint density at radius 2 is 1.02 bits per heavy atom. The lowest BCUT2D eigenvalue weighted by molar-refractivity contribution is -0.147. The zero-order valence-corrected chi connectivity index (χ0v) is 26.0. The normalized spacial score (nSPS) is 11.1. The third kappa shape index (κ3) is 10.2. The molecule has 0 N–H and O–H groups in total. The minimum Gasteiger partial charge on any atom is -0.481 e.